The monoisotopic (exact) mass is 506 g/mol. The molecular weight excluding hydrogens is 484 g/mol. The van der Waals surface area contributed by atoms with Crippen LogP contribution in [-0.2, 0) is 14.8 Å². The molecule has 33 heavy (non-hydrogen) atoms. The molecule has 0 saturated carbocycles. The van der Waals surface area contributed by atoms with Crippen LogP contribution in [0.1, 0.15) is 6.92 Å². The van der Waals surface area contributed by atoms with E-state index in [1.165, 1.54) is 36.0 Å². The van der Waals surface area contributed by atoms with Crippen molar-refractivity contribution in [1.29, 1.82) is 0 Å². The van der Waals surface area contributed by atoms with Gasteiger partial charge in [0.05, 0.1) is 35.1 Å². The molecule has 7 nitrogen and oxygen atoms in total. The van der Waals surface area contributed by atoms with Crippen LogP contribution in [0.15, 0.2) is 76.5 Å². The highest BCUT2D eigenvalue weighted by molar-refractivity contribution is 8.00. The Hall–Kier alpha value is -2.88. The number of para-hydroxylation sites is 1. The number of methoxy groups -OCH3 is 2. The predicted octanol–water partition coefficient (Wildman–Crippen LogP) is 5.28. The van der Waals surface area contributed by atoms with Crippen LogP contribution < -0.4 is 19.5 Å². The van der Waals surface area contributed by atoms with Gasteiger partial charge in [-0.2, -0.15) is 0 Å². The quantitative estimate of drug-likeness (QED) is 0.384. The number of sulfonamides is 1. The average Bonchev–Trinajstić information content (AvgIpc) is 2.80. The third-order valence-electron chi connectivity index (χ3n) is 4.59. The topological polar surface area (TPSA) is 93.7 Å². The van der Waals surface area contributed by atoms with Crippen molar-refractivity contribution in [3.8, 4) is 11.5 Å². The van der Waals surface area contributed by atoms with E-state index in [9.17, 15) is 13.2 Å². The van der Waals surface area contributed by atoms with Crippen molar-refractivity contribution in [2.45, 2.75) is 22.0 Å². The van der Waals surface area contributed by atoms with Gasteiger partial charge in [-0.15, -0.1) is 11.8 Å². The number of carbonyl (C=O) groups excluding carboxylic acids is 1. The number of halogens is 1. The lowest BCUT2D eigenvalue weighted by Crippen LogP contribution is -2.22. The van der Waals surface area contributed by atoms with Crippen molar-refractivity contribution in [3.05, 3.63) is 71.8 Å². The number of hydrogen-bond acceptors (Lipinski definition) is 6. The molecule has 1 atom stereocenters. The minimum atomic E-state index is -3.82. The van der Waals surface area contributed by atoms with Crippen LogP contribution in [0.5, 0.6) is 11.5 Å². The molecule has 1 amide bonds. The molecule has 0 bridgehead atoms. The molecule has 0 fully saturated rings. The maximum Gasteiger partial charge on any atom is 0.261 e. The summed E-state index contributed by atoms with van der Waals surface area (Å²) in [6.45, 7) is 1.78. The van der Waals surface area contributed by atoms with Gasteiger partial charge in [0, 0.05) is 10.6 Å². The second-order valence-corrected chi connectivity index (χ2v) is 10.4. The van der Waals surface area contributed by atoms with Crippen molar-refractivity contribution in [2.24, 2.45) is 0 Å². The number of carbonyl (C=O) groups is 1. The molecule has 0 aliphatic carbocycles. The molecule has 3 aromatic carbocycles. The Kier molecular flexibility index (Phi) is 8.12. The number of hydrogen-bond donors (Lipinski definition) is 2. The molecule has 2 N–H and O–H groups in total. The zero-order valence-corrected chi connectivity index (χ0v) is 20.6. The Labute approximate surface area is 202 Å². The van der Waals surface area contributed by atoms with E-state index in [0.717, 1.165) is 4.90 Å². The molecule has 0 radical (unpaired) electrons. The zero-order chi connectivity index (χ0) is 24.0. The van der Waals surface area contributed by atoms with Crippen LogP contribution >= 0.6 is 23.4 Å². The minimum Gasteiger partial charge on any atom is -0.493 e. The van der Waals surface area contributed by atoms with Gasteiger partial charge in [0.25, 0.3) is 10.0 Å². The number of amides is 1. The van der Waals surface area contributed by atoms with Crippen molar-refractivity contribution in [3.63, 3.8) is 0 Å². The third kappa shape index (κ3) is 6.34. The number of rotatable bonds is 9. The van der Waals surface area contributed by atoms with Gasteiger partial charge in [0.1, 0.15) is 0 Å². The standard InChI is InChI=1S/C23H23ClN2O5S2/c1-15(32-17-10-13-21(30-2)22(14-17)31-3)23(27)25-16-8-11-18(12-9-16)33(28,29)26-20-7-5-4-6-19(20)24/h4-15,26H,1-3H3,(H,25,27)/t15-/m0/s1. The van der Waals surface area contributed by atoms with Crippen LogP contribution in [0.25, 0.3) is 0 Å². The lowest BCUT2D eigenvalue weighted by atomic mass is 10.3. The summed E-state index contributed by atoms with van der Waals surface area (Å²) >= 11 is 7.39. The second kappa shape index (κ2) is 10.8. The first-order valence-electron chi connectivity index (χ1n) is 9.80. The van der Waals surface area contributed by atoms with Crippen LogP contribution in [0.3, 0.4) is 0 Å². The first kappa shape index (κ1) is 24.8. The summed E-state index contributed by atoms with van der Waals surface area (Å²) in [5.41, 5.74) is 0.772. The van der Waals surface area contributed by atoms with Gasteiger partial charge < -0.3 is 14.8 Å². The van der Waals surface area contributed by atoms with Gasteiger partial charge in [-0.05, 0) is 61.5 Å². The summed E-state index contributed by atoms with van der Waals surface area (Å²) < 4.78 is 38.2. The van der Waals surface area contributed by atoms with E-state index < -0.39 is 15.3 Å². The molecule has 174 valence electrons. The SMILES string of the molecule is COc1ccc(S[C@@H](C)C(=O)Nc2ccc(S(=O)(=O)Nc3ccccc3Cl)cc2)cc1OC. The van der Waals surface area contributed by atoms with E-state index in [4.69, 9.17) is 21.1 Å². The summed E-state index contributed by atoms with van der Waals surface area (Å²) in [4.78, 5) is 13.5. The van der Waals surface area contributed by atoms with Crippen LogP contribution in [0.2, 0.25) is 5.02 Å². The van der Waals surface area contributed by atoms with E-state index in [1.54, 1.807) is 57.5 Å². The van der Waals surface area contributed by atoms with Gasteiger partial charge in [-0.3, -0.25) is 9.52 Å². The number of nitrogens with one attached hydrogen (secondary N) is 2. The van der Waals surface area contributed by atoms with Gasteiger partial charge in [-0.25, -0.2) is 8.42 Å². The molecule has 0 aromatic heterocycles. The smallest absolute Gasteiger partial charge is 0.261 e. The first-order chi connectivity index (χ1) is 15.7. The number of benzene rings is 3. The summed E-state index contributed by atoms with van der Waals surface area (Å²) in [5, 5.41) is 2.69. The Morgan fingerprint density at radius 2 is 1.64 bits per heavy atom. The molecule has 0 heterocycles. The van der Waals surface area contributed by atoms with E-state index >= 15 is 0 Å². The molecule has 0 unspecified atom stereocenters. The van der Waals surface area contributed by atoms with Crippen LogP contribution in [0, 0.1) is 0 Å². The fraction of sp³-hybridized carbons (Fsp3) is 0.174. The molecule has 3 rings (SSSR count). The Morgan fingerprint density at radius 1 is 0.970 bits per heavy atom. The molecule has 0 aliphatic heterocycles. The van der Waals surface area contributed by atoms with Gasteiger partial charge in [0.15, 0.2) is 11.5 Å². The molecule has 0 saturated heterocycles. The van der Waals surface area contributed by atoms with E-state index in [1.807, 2.05) is 6.07 Å². The summed E-state index contributed by atoms with van der Waals surface area (Å²) in [7, 11) is -0.712. The maximum absolute atomic E-state index is 12.6. The fourth-order valence-electron chi connectivity index (χ4n) is 2.86. The molecular formula is C23H23ClN2O5S2. The Balaban J connectivity index is 1.64. The summed E-state index contributed by atoms with van der Waals surface area (Å²) in [6.07, 6.45) is 0. The van der Waals surface area contributed by atoms with Crippen LogP contribution in [-0.4, -0.2) is 33.8 Å². The van der Waals surface area contributed by atoms with Gasteiger partial charge in [-0.1, -0.05) is 23.7 Å². The first-order valence-corrected chi connectivity index (χ1v) is 12.5. The average molecular weight is 507 g/mol. The predicted molar refractivity (Wildman–Crippen MR) is 132 cm³/mol. The van der Waals surface area contributed by atoms with Crippen molar-refractivity contribution < 1.29 is 22.7 Å². The fourth-order valence-corrected chi connectivity index (χ4v) is 5.07. The van der Waals surface area contributed by atoms with E-state index in [0.29, 0.717) is 22.2 Å². The van der Waals surface area contributed by atoms with Crippen molar-refractivity contribution in [2.75, 3.05) is 24.3 Å². The molecule has 3 aromatic rings. The minimum absolute atomic E-state index is 0.0492. The third-order valence-corrected chi connectivity index (χ3v) is 7.39. The second-order valence-electron chi connectivity index (χ2n) is 6.88. The lowest BCUT2D eigenvalue weighted by molar-refractivity contribution is -0.115. The maximum atomic E-state index is 12.6. The molecule has 0 aliphatic rings. The number of thioether (sulfide) groups is 1. The Bertz CT molecular complexity index is 1230. The largest absolute Gasteiger partial charge is 0.493 e. The van der Waals surface area contributed by atoms with E-state index in [2.05, 4.69) is 10.0 Å². The Morgan fingerprint density at radius 3 is 2.27 bits per heavy atom. The lowest BCUT2D eigenvalue weighted by Gasteiger charge is -2.14. The van der Waals surface area contributed by atoms with Crippen LogP contribution in [0.4, 0.5) is 11.4 Å². The number of anilines is 2. The highest BCUT2D eigenvalue weighted by Crippen LogP contribution is 2.34. The van der Waals surface area contributed by atoms with Crippen molar-refractivity contribution >= 4 is 50.7 Å². The highest BCUT2D eigenvalue weighted by atomic mass is 35.5. The molecule has 10 heteroatoms. The van der Waals surface area contributed by atoms with Gasteiger partial charge >= 0.3 is 0 Å². The van der Waals surface area contributed by atoms with Gasteiger partial charge in [0.2, 0.25) is 5.91 Å². The normalized spacial score (nSPS) is 12.0. The zero-order valence-electron chi connectivity index (χ0n) is 18.2. The van der Waals surface area contributed by atoms with Crippen molar-refractivity contribution in [1.82, 2.24) is 0 Å². The highest BCUT2D eigenvalue weighted by Gasteiger charge is 2.18. The van der Waals surface area contributed by atoms with E-state index in [-0.39, 0.29) is 16.5 Å². The molecule has 0 spiro atoms. The number of ether oxygens (including phenoxy) is 2. The summed E-state index contributed by atoms with van der Waals surface area (Å²) in [6, 6.07) is 17.9. The summed E-state index contributed by atoms with van der Waals surface area (Å²) in [5.74, 6) is 0.968.